The molecule has 39 heavy (non-hydrogen) atoms. The van der Waals surface area contributed by atoms with Crippen molar-refractivity contribution in [3.05, 3.63) is 71.1 Å². The predicted octanol–water partition coefficient (Wildman–Crippen LogP) is 5.00. The Morgan fingerprint density at radius 3 is 2.23 bits per heavy atom. The molecule has 0 aliphatic carbocycles. The maximum absolute atomic E-state index is 13.9. The molecule has 2 aliphatic heterocycles. The average molecular weight is 551 g/mol. The molecule has 0 spiro atoms. The number of amides is 2. The molecule has 2 aromatic heterocycles. The quantitative estimate of drug-likeness (QED) is 0.455. The van der Waals surface area contributed by atoms with Crippen molar-refractivity contribution in [1.29, 1.82) is 0 Å². The lowest BCUT2D eigenvalue weighted by atomic mass is 9.90. The number of benzene rings is 1. The van der Waals surface area contributed by atoms with Crippen molar-refractivity contribution in [2.45, 2.75) is 45.1 Å². The van der Waals surface area contributed by atoms with Crippen LogP contribution in [0.1, 0.15) is 55.6 Å². The fourth-order valence-electron chi connectivity index (χ4n) is 5.22. The second-order valence-corrected chi connectivity index (χ2v) is 11.5. The molecule has 0 saturated carbocycles. The maximum atomic E-state index is 13.9. The SMILES string of the molecule is CC(C)(C)OC(=O)N1CCC(c2c(C(=O)N3CCN(c4ccccn4)CC3)cnn2-c2ccc(Cl)cc2)CC1. The number of aromatic nitrogens is 3. The fourth-order valence-corrected chi connectivity index (χ4v) is 5.34. The summed E-state index contributed by atoms with van der Waals surface area (Å²) in [6, 6.07) is 13.3. The molecule has 4 heterocycles. The van der Waals surface area contributed by atoms with Gasteiger partial charge in [0.1, 0.15) is 11.4 Å². The van der Waals surface area contributed by atoms with Gasteiger partial charge in [0.15, 0.2) is 0 Å². The van der Waals surface area contributed by atoms with E-state index in [2.05, 4.69) is 15.0 Å². The third-order valence-electron chi connectivity index (χ3n) is 7.18. The van der Waals surface area contributed by atoms with E-state index in [-0.39, 0.29) is 17.9 Å². The highest BCUT2D eigenvalue weighted by Crippen LogP contribution is 2.33. The van der Waals surface area contributed by atoms with Crippen LogP contribution in [0.5, 0.6) is 0 Å². The van der Waals surface area contributed by atoms with Gasteiger partial charge in [0.2, 0.25) is 0 Å². The third-order valence-corrected chi connectivity index (χ3v) is 7.43. The first-order chi connectivity index (χ1) is 18.7. The Balaban J connectivity index is 1.36. The largest absolute Gasteiger partial charge is 0.444 e. The zero-order chi connectivity index (χ0) is 27.6. The fraction of sp³-hybridized carbons (Fsp3) is 0.448. The van der Waals surface area contributed by atoms with Crippen LogP contribution in [0.4, 0.5) is 10.6 Å². The van der Waals surface area contributed by atoms with Gasteiger partial charge in [-0.2, -0.15) is 5.10 Å². The van der Waals surface area contributed by atoms with Crippen molar-refractivity contribution in [2.75, 3.05) is 44.2 Å². The van der Waals surface area contributed by atoms with E-state index in [0.717, 1.165) is 30.3 Å². The van der Waals surface area contributed by atoms with Crippen molar-refractivity contribution in [3.8, 4) is 5.69 Å². The van der Waals surface area contributed by atoms with Gasteiger partial charge >= 0.3 is 6.09 Å². The second kappa shape index (κ2) is 11.3. The van der Waals surface area contributed by atoms with Gasteiger partial charge in [-0.15, -0.1) is 0 Å². The zero-order valence-electron chi connectivity index (χ0n) is 22.7. The summed E-state index contributed by atoms with van der Waals surface area (Å²) in [5.41, 5.74) is 1.81. The molecule has 2 amide bonds. The lowest BCUT2D eigenvalue weighted by Crippen LogP contribution is -2.49. The van der Waals surface area contributed by atoms with Crippen LogP contribution in [0.15, 0.2) is 54.9 Å². The topological polar surface area (TPSA) is 83.8 Å². The molecule has 0 N–H and O–H groups in total. The van der Waals surface area contributed by atoms with Crippen LogP contribution in [0.2, 0.25) is 5.02 Å². The summed E-state index contributed by atoms with van der Waals surface area (Å²) in [6.45, 7) is 9.39. The Morgan fingerprint density at radius 2 is 1.62 bits per heavy atom. The summed E-state index contributed by atoms with van der Waals surface area (Å²) in [6.07, 6.45) is 4.61. The first kappa shape index (κ1) is 27.0. The smallest absolute Gasteiger partial charge is 0.410 e. The summed E-state index contributed by atoms with van der Waals surface area (Å²) < 4.78 is 7.44. The Morgan fingerprint density at radius 1 is 0.923 bits per heavy atom. The van der Waals surface area contributed by atoms with Crippen LogP contribution in [-0.4, -0.2) is 81.4 Å². The van der Waals surface area contributed by atoms with E-state index in [0.29, 0.717) is 49.6 Å². The molecule has 2 fully saturated rings. The minimum atomic E-state index is -0.540. The molecule has 206 valence electrons. The third kappa shape index (κ3) is 6.19. The molecule has 0 radical (unpaired) electrons. The zero-order valence-corrected chi connectivity index (χ0v) is 23.5. The Labute approximate surface area is 234 Å². The Bertz CT molecular complexity index is 1290. The van der Waals surface area contributed by atoms with Crippen LogP contribution in [0, 0.1) is 0 Å². The number of hydrogen-bond donors (Lipinski definition) is 0. The van der Waals surface area contributed by atoms with Crippen LogP contribution in [0.25, 0.3) is 5.69 Å². The normalized spacial score (nSPS) is 16.9. The molecule has 2 aliphatic rings. The Hall–Kier alpha value is -3.59. The molecule has 10 heteroatoms. The van der Waals surface area contributed by atoms with Gasteiger partial charge in [0.25, 0.3) is 5.91 Å². The molecule has 0 unspecified atom stereocenters. The molecule has 3 aromatic rings. The Kier molecular flexibility index (Phi) is 7.79. The van der Waals surface area contributed by atoms with E-state index in [4.69, 9.17) is 16.3 Å². The number of hydrogen-bond acceptors (Lipinski definition) is 6. The molecule has 1 aromatic carbocycles. The number of halogens is 1. The summed E-state index contributed by atoms with van der Waals surface area (Å²) in [7, 11) is 0. The van der Waals surface area contributed by atoms with Crippen molar-refractivity contribution in [2.24, 2.45) is 0 Å². The number of ether oxygens (including phenoxy) is 1. The number of carbonyl (C=O) groups is 2. The minimum absolute atomic E-state index is 0.0135. The van der Waals surface area contributed by atoms with Crippen molar-refractivity contribution >= 4 is 29.4 Å². The standard InChI is InChI=1S/C29H35ClN6O3/c1-29(2,3)39-28(38)35-14-11-21(12-15-35)26-24(20-32-36(26)23-9-7-22(30)8-10-23)27(37)34-18-16-33(17-19-34)25-6-4-5-13-31-25/h4-10,13,20-21H,11-12,14-19H2,1-3H3. The van der Waals surface area contributed by atoms with Gasteiger partial charge in [0.05, 0.1) is 23.1 Å². The van der Waals surface area contributed by atoms with E-state index in [9.17, 15) is 9.59 Å². The lowest BCUT2D eigenvalue weighted by molar-refractivity contribution is 0.0203. The number of nitrogens with zero attached hydrogens (tertiary/aromatic N) is 6. The highest BCUT2D eigenvalue weighted by Gasteiger charge is 2.34. The average Bonchev–Trinajstić information content (AvgIpc) is 3.38. The van der Waals surface area contributed by atoms with Gasteiger partial charge in [-0.05, 0) is 70.0 Å². The highest BCUT2D eigenvalue weighted by molar-refractivity contribution is 6.30. The number of carbonyl (C=O) groups excluding carboxylic acids is 2. The molecule has 0 bridgehead atoms. The van der Waals surface area contributed by atoms with Gasteiger partial charge in [0, 0.05) is 56.4 Å². The van der Waals surface area contributed by atoms with Gasteiger partial charge in [-0.3, -0.25) is 4.79 Å². The monoisotopic (exact) mass is 550 g/mol. The number of piperazine rings is 1. The minimum Gasteiger partial charge on any atom is -0.444 e. The molecule has 9 nitrogen and oxygen atoms in total. The van der Waals surface area contributed by atoms with Crippen molar-refractivity contribution < 1.29 is 14.3 Å². The first-order valence-electron chi connectivity index (χ1n) is 13.5. The number of pyridine rings is 1. The van der Waals surface area contributed by atoms with E-state index in [1.165, 1.54) is 0 Å². The van der Waals surface area contributed by atoms with Gasteiger partial charge < -0.3 is 19.4 Å². The number of piperidine rings is 1. The molecule has 0 atom stereocenters. The molecular formula is C29H35ClN6O3. The predicted molar refractivity (Wildman–Crippen MR) is 151 cm³/mol. The van der Waals surface area contributed by atoms with Crippen LogP contribution < -0.4 is 4.90 Å². The lowest BCUT2D eigenvalue weighted by Gasteiger charge is -2.36. The molecule has 2 saturated heterocycles. The number of likely N-dealkylation sites (tertiary alicyclic amines) is 1. The molecule has 5 rings (SSSR count). The summed E-state index contributed by atoms with van der Waals surface area (Å²) in [5.74, 6) is 0.980. The highest BCUT2D eigenvalue weighted by atomic mass is 35.5. The molecular weight excluding hydrogens is 516 g/mol. The maximum Gasteiger partial charge on any atom is 0.410 e. The van der Waals surface area contributed by atoms with Gasteiger partial charge in [-0.1, -0.05) is 17.7 Å². The number of anilines is 1. The summed E-state index contributed by atoms with van der Waals surface area (Å²) in [4.78, 5) is 36.8. The summed E-state index contributed by atoms with van der Waals surface area (Å²) in [5, 5.41) is 5.31. The van der Waals surface area contributed by atoms with Crippen LogP contribution in [0.3, 0.4) is 0 Å². The van der Waals surface area contributed by atoms with Crippen LogP contribution in [-0.2, 0) is 4.74 Å². The summed E-state index contributed by atoms with van der Waals surface area (Å²) >= 11 is 6.14. The van der Waals surface area contributed by atoms with Gasteiger partial charge in [-0.25, -0.2) is 14.5 Å². The van der Waals surface area contributed by atoms with E-state index < -0.39 is 5.60 Å². The second-order valence-electron chi connectivity index (χ2n) is 11.0. The number of rotatable bonds is 4. The van der Waals surface area contributed by atoms with E-state index in [1.807, 2.05) is 72.8 Å². The van der Waals surface area contributed by atoms with Crippen molar-refractivity contribution in [3.63, 3.8) is 0 Å². The van der Waals surface area contributed by atoms with E-state index in [1.54, 1.807) is 17.3 Å². The first-order valence-corrected chi connectivity index (χ1v) is 13.8. The van der Waals surface area contributed by atoms with E-state index >= 15 is 0 Å². The van der Waals surface area contributed by atoms with Crippen molar-refractivity contribution in [1.82, 2.24) is 24.6 Å². The van der Waals surface area contributed by atoms with Crippen LogP contribution >= 0.6 is 11.6 Å².